The largest absolute Gasteiger partial charge is 0.330 e. The van der Waals surface area contributed by atoms with Gasteiger partial charge in [-0.25, -0.2) is 5.06 Å². The van der Waals surface area contributed by atoms with Gasteiger partial charge in [-0.05, 0) is 6.42 Å². The van der Waals surface area contributed by atoms with Gasteiger partial charge in [-0.1, -0.05) is 0 Å². The molecule has 0 radical (unpaired) electrons. The lowest BCUT2D eigenvalue weighted by atomic mass is 10.4. The third-order valence-electron chi connectivity index (χ3n) is 1.47. The van der Waals surface area contributed by atoms with E-state index < -0.39 is 13.5 Å². The molecule has 0 fully saturated rings. The second-order valence-electron chi connectivity index (χ2n) is 2.80. The predicted octanol–water partition coefficient (Wildman–Crippen LogP) is -0.879. The number of carbonyl (C=O) groups excluding carboxylic acids is 1. The summed E-state index contributed by atoms with van der Waals surface area (Å²) in [6.45, 7) is 0.0400. The molecule has 0 unspecified atom stereocenters. The van der Waals surface area contributed by atoms with Crippen LogP contribution in [-0.2, 0) is 9.36 Å². The first-order chi connectivity index (χ1) is 6.37. The van der Waals surface area contributed by atoms with Crippen molar-refractivity contribution in [3.8, 4) is 0 Å². The molecule has 0 aliphatic rings. The third kappa shape index (κ3) is 6.99. The summed E-state index contributed by atoms with van der Waals surface area (Å²) in [5.74, 6) is -0.543. The predicted molar refractivity (Wildman–Crippen MR) is 48.7 cm³/mol. The zero-order valence-corrected chi connectivity index (χ0v) is 8.56. The second-order valence-corrected chi connectivity index (χ2v) is 4.57. The van der Waals surface area contributed by atoms with Crippen molar-refractivity contribution >= 4 is 13.5 Å². The van der Waals surface area contributed by atoms with E-state index in [1.165, 1.54) is 0 Å². The van der Waals surface area contributed by atoms with Crippen LogP contribution in [0.2, 0.25) is 0 Å². The van der Waals surface area contributed by atoms with Gasteiger partial charge in [-0.2, -0.15) is 0 Å². The second kappa shape index (κ2) is 6.10. The highest BCUT2D eigenvalue weighted by atomic mass is 31.2. The molecule has 0 saturated heterocycles. The van der Waals surface area contributed by atoms with E-state index in [2.05, 4.69) is 0 Å². The molecule has 0 aromatic heterocycles. The fourth-order valence-electron chi connectivity index (χ4n) is 0.804. The lowest BCUT2D eigenvalue weighted by Gasteiger charge is -2.14. The fraction of sp³-hybridized carbons (Fsp3) is 0.833. The molecule has 1 amide bonds. The summed E-state index contributed by atoms with van der Waals surface area (Å²) in [5, 5.41) is 9.45. The van der Waals surface area contributed by atoms with Crippen molar-refractivity contribution in [2.45, 2.75) is 12.8 Å². The lowest BCUT2D eigenvalue weighted by molar-refractivity contribution is -0.165. The number of hydrogen-bond donors (Lipinski definition) is 4. The molecule has 5 N–H and O–H groups in total. The molecule has 0 rings (SSSR count). The molecule has 0 spiro atoms. The highest BCUT2D eigenvalue weighted by Crippen LogP contribution is 2.34. The maximum Gasteiger partial charge on any atom is 0.325 e. The van der Waals surface area contributed by atoms with E-state index in [9.17, 15) is 9.36 Å². The molecule has 7 nitrogen and oxygen atoms in total. The summed E-state index contributed by atoms with van der Waals surface area (Å²) in [5.41, 5.74) is 5.08. The summed E-state index contributed by atoms with van der Waals surface area (Å²) in [6.07, 6.45) is -0.274. The average molecular weight is 226 g/mol. The molecule has 8 heteroatoms. The topological polar surface area (TPSA) is 124 Å². The van der Waals surface area contributed by atoms with E-state index in [4.69, 9.17) is 20.7 Å². The standard InChI is InChI=1S/C6H15N2O5P/c7-3-2-6(9)8(10)4-1-5-14(11,12)13/h10H,1-5,7H2,(H2,11,12,13). The van der Waals surface area contributed by atoms with Crippen molar-refractivity contribution in [1.29, 1.82) is 0 Å². The molecule has 0 saturated carbocycles. The number of amides is 1. The summed E-state index contributed by atoms with van der Waals surface area (Å²) >= 11 is 0. The Balaban J connectivity index is 3.69. The monoisotopic (exact) mass is 226 g/mol. The number of hydroxylamine groups is 2. The molecular weight excluding hydrogens is 211 g/mol. The Morgan fingerprint density at radius 1 is 1.43 bits per heavy atom. The van der Waals surface area contributed by atoms with E-state index in [0.29, 0.717) is 5.06 Å². The minimum atomic E-state index is -4.04. The van der Waals surface area contributed by atoms with Crippen LogP contribution in [0.4, 0.5) is 0 Å². The van der Waals surface area contributed by atoms with Gasteiger partial charge in [0.1, 0.15) is 0 Å². The molecular formula is C6H15N2O5P. The zero-order chi connectivity index (χ0) is 11.2. The molecule has 14 heavy (non-hydrogen) atoms. The van der Waals surface area contributed by atoms with E-state index in [1.54, 1.807) is 0 Å². The van der Waals surface area contributed by atoms with Gasteiger partial charge < -0.3 is 15.5 Å². The maximum atomic E-state index is 10.9. The van der Waals surface area contributed by atoms with Gasteiger partial charge in [-0.3, -0.25) is 14.6 Å². The van der Waals surface area contributed by atoms with E-state index >= 15 is 0 Å². The number of nitrogens with two attached hydrogens (primary N) is 1. The molecule has 0 heterocycles. The van der Waals surface area contributed by atoms with Gasteiger partial charge in [0.15, 0.2) is 0 Å². The van der Waals surface area contributed by atoms with Crippen LogP contribution in [0.3, 0.4) is 0 Å². The number of carbonyl (C=O) groups is 1. The van der Waals surface area contributed by atoms with Crippen LogP contribution in [0.5, 0.6) is 0 Å². The van der Waals surface area contributed by atoms with Gasteiger partial charge in [0.25, 0.3) is 0 Å². The summed E-state index contributed by atoms with van der Waals surface area (Å²) < 4.78 is 10.4. The molecule has 0 atom stereocenters. The van der Waals surface area contributed by atoms with E-state index in [-0.39, 0.29) is 32.1 Å². The first-order valence-electron chi connectivity index (χ1n) is 4.10. The summed E-state index contributed by atoms with van der Waals surface area (Å²) in [4.78, 5) is 27.9. The molecule has 0 bridgehead atoms. The van der Waals surface area contributed by atoms with Crippen molar-refractivity contribution in [1.82, 2.24) is 5.06 Å². The van der Waals surface area contributed by atoms with Gasteiger partial charge in [0.05, 0.1) is 6.16 Å². The van der Waals surface area contributed by atoms with Gasteiger partial charge in [-0.15, -0.1) is 0 Å². The van der Waals surface area contributed by atoms with Crippen molar-refractivity contribution in [2.24, 2.45) is 5.73 Å². The van der Waals surface area contributed by atoms with Crippen LogP contribution in [0.25, 0.3) is 0 Å². The Morgan fingerprint density at radius 2 is 2.00 bits per heavy atom. The fourth-order valence-corrected chi connectivity index (χ4v) is 1.36. The zero-order valence-electron chi connectivity index (χ0n) is 7.67. The maximum absolute atomic E-state index is 10.9. The van der Waals surface area contributed by atoms with Crippen LogP contribution in [-0.4, -0.2) is 45.2 Å². The van der Waals surface area contributed by atoms with Crippen LogP contribution >= 0.6 is 7.60 Å². The third-order valence-corrected chi connectivity index (χ3v) is 2.36. The number of hydrogen-bond acceptors (Lipinski definition) is 4. The van der Waals surface area contributed by atoms with E-state index in [0.717, 1.165) is 0 Å². The van der Waals surface area contributed by atoms with Crippen LogP contribution in [0, 0.1) is 0 Å². The smallest absolute Gasteiger partial charge is 0.325 e. The van der Waals surface area contributed by atoms with Crippen molar-refractivity contribution in [2.75, 3.05) is 19.3 Å². The summed E-state index contributed by atoms with van der Waals surface area (Å²) in [7, 11) is -4.04. The highest BCUT2D eigenvalue weighted by Gasteiger charge is 2.15. The van der Waals surface area contributed by atoms with Gasteiger partial charge >= 0.3 is 7.60 Å². The Bertz CT molecular complexity index is 228. The molecule has 0 aliphatic heterocycles. The Labute approximate surface area is 81.6 Å². The van der Waals surface area contributed by atoms with Crippen LogP contribution in [0.1, 0.15) is 12.8 Å². The van der Waals surface area contributed by atoms with Gasteiger partial charge in [0, 0.05) is 19.5 Å². The quantitative estimate of drug-likeness (QED) is 0.265. The van der Waals surface area contributed by atoms with Crippen molar-refractivity contribution in [3.05, 3.63) is 0 Å². The molecule has 0 aliphatic carbocycles. The van der Waals surface area contributed by atoms with Crippen molar-refractivity contribution in [3.63, 3.8) is 0 Å². The average Bonchev–Trinajstić information content (AvgIpc) is 2.02. The first-order valence-corrected chi connectivity index (χ1v) is 5.90. The number of nitrogens with zero attached hydrogens (tertiary/aromatic N) is 1. The Hall–Kier alpha value is -0.460. The Kier molecular flexibility index (Phi) is 5.90. The van der Waals surface area contributed by atoms with Gasteiger partial charge in [0.2, 0.25) is 5.91 Å². The minimum absolute atomic E-state index is 0.0202. The molecule has 0 aromatic carbocycles. The SMILES string of the molecule is NCCC(=O)N(O)CCCP(=O)(O)O. The molecule has 84 valence electrons. The Morgan fingerprint density at radius 3 is 2.43 bits per heavy atom. The van der Waals surface area contributed by atoms with Crippen LogP contribution < -0.4 is 5.73 Å². The summed E-state index contributed by atoms with van der Waals surface area (Å²) in [6, 6.07) is 0. The normalized spacial score (nSPS) is 11.4. The first kappa shape index (κ1) is 13.5. The molecule has 0 aromatic rings. The van der Waals surface area contributed by atoms with Crippen LogP contribution in [0.15, 0.2) is 0 Å². The highest BCUT2D eigenvalue weighted by molar-refractivity contribution is 7.51. The lowest BCUT2D eigenvalue weighted by Crippen LogP contribution is -2.30. The minimum Gasteiger partial charge on any atom is -0.330 e. The van der Waals surface area contributed by atoms with Crippen molar-refractivity contribution < 1.29 is 24.4 Å². The van der Waals surface area contributed by atoms with E-state index in [1.807, 2.05) is 0 Å². The number of rotatable bonds is 6.